The molecule has 0 aromatic heterocycles. The second kappa shape index (κ2) is 4.54. The lowest BCUT2D eigenvalue weighted by molar-refractivity contribution is -0.184. The normalized spacial score (nSPS) is 31.5. The molecule has 0 nitrogen and oxygen atoms in total. The summed E-state index contributed by atoms with van der Waals surface area (Å²) in [5.74, 6) is 0.0885. The van der Waals surface area contributed by atoms with Gasteiger partial charge in [-0.2, -0.15) is 13.2 Å². The second-order valence-corrected chi connectivity index (χ2v) is 4.54. The van der Waals surface area contributed by atoms with Crippen LogP contribution in [-0.4, -0.2) is 6.18 Å². The summed E-state index contributed by atoms with van der Waals surface area (Å²) in [6.07, 6.45) is -0.656. The molecule has 1 fully saturated rings. The molecule has 1 aliphatic carbocycles. The van der Waals surface area contributed by atoms with Crippen molar-refractivity contribution >= 4 is 0 Å². The lowest BCUT2D eigenvalue weighted by Crippen LogP contribution is -2.29. The molecule has 14 heavy (non-hydrogen) atoms. The number of hydrogen-bond acceptors (Lipinski definition) is 0. The Hall–Kier alpha value is -0.210. The van der Waals surface area contributed by atoms with Crippen molar-refractivity contribution in [1.82, 2.24) is 0 Å². The minimum absolute atomic E-state index is 0.346. The minimum Gasteiger partial charge on any atom is -0.171 e. The van der Waals surface area contributed by atoms with Gasteiger partial charge in [0, 0.05) is 0 Å². The van der Waals surface area contributed by atoms with Crippen LogP contribution in [-0.2, 0) is 0 Å². The molecule has 0 aromatic carbocycles. The molecule has 0 spiro atoms. The van der Waals surface area contributed by atoms with Crippen LogP contribution in [0.2, 0.25) is 0 Å². The van der Waals surface area contributed by atoms with Gasteiger partial charge >= 0.3 is 6.18 Å². The summed E-state index contributed by atoms with van der Waals surface area (Å²) >= 11 is 0. The van der Waals surface area contributed by atoms with Gasteiger partial charge in [-0.05, 0) is 37.5 Å². The molecule has 0 aromatic rings. The summed E-state index contributed by atoms with van der Waals surface area (Å²) in [5.41, 5.74) is 0. The zero-order chi connectivity index (χ0) is 10.8. The third-order valence-corrected chi connectivity index (χ3v) is 3.68. The summed E-state index contributed by atoms with van der Waals surface area (Å²) in [4.78, 5) is 0. The van der Waals surface area contributed by atoms with Crippen LogP contribution in [0.4, 0.5) is 13.2 Å². The second-order valence-electron chi connectivity index (χ2n) is 4.54. The van der Waals surface area contributed by atoms with Crippen molar-refractivity contribution in [2.24, 2.45) is 17.8 Å². The van der Waals surface area contributed by atoms with Crippen LogP contribution in [0.1, 0.15) is 46.0 Å². The van der Waals surface area contributed by atoms with Crippen molar-refractivity contribution in [3.63, 3.8) is 0 Å². The topological polar surface area (TPSA) is 0 Å². The van der Waals surface area contributed by atoms with Crippen LogP contribution in [0.5, 0.6) is 0 Å². The Balaban J connectivity index is 2.39. The molecule has 1 unspecified atom stereocenters. The maximum Gasteiger partial charge on any atom is 0.391 e. The fraction of sp³-hybridized carbons (Fsp3) is 1.00. The summed E-state index contributed by atoms with van der Waals surface area (Å²) in [5, 5.41) is 0. The van der Waals surface area contributed by atoms with E-state index >= 15 is 0 Å². The molecular weight excluding hydrogens is 189 g/mol. The van der Waals surface area contributed by atoms with Gasteiger partial charge in [-0.1, -0.05) is 20.3 Å². The Bertz CT molecular complexity index is 166. The van der Waals surface area contributed by atoms with Gasteiger partial charge in [0.2, 0.25) is 0 Å². The first-order chi connectivity index (χ1) is 6.45. The van der Waals surface area contributed by atoms with E-state index in [9.17, 15) is 13.2 Å². The number of rotatable bonds is 2. The standard InChI is InChI=1S/C11H19F3/c1-3-8(2)9-4-6-10(7-5-9)11(12,13)14/h8-10H,3-7H2,1-2H3. The number of halogens is 3. The highest BCUT2D eigenvalue weighted by Crippen LogP contribution is 2.41. The van der Waals surface area contributed by atoms with E-state index in [1.807, 2.05) is 0 Å². The first kappa shape index (κ1) is 11.9. The third kappa shape index (κ3) is 2.89. The molecule has 0 amide bonds. The molecule has 84 valence electrons. The Morgan fingerprint density at radius 3 is 2.00 bits per heavy atom. The minimum atomic E-state index is -3.96. The van der Waals surface area contributed by atoms with Crippen molar-refractivity contribution in [2.75, 3.05) is 0 Å². The van der Waals surface area contributed by atoms with Gasteiger partial charge in [0.15, 0.2) is 0 Å². The summed E-state index contributed by atoms with van der Waals surface area (Å²) in [6, 6.07) is 0. The Kier molecular flexibility index (Phi) is 3.85. The molecule has 1 saturated carbocycles. The van der Waals surface area contributed by atoms with E-state index in [0.29, 0.717) is 24.7 Å². The fourth-order valence-electron chi connectivity index (χ4n) is 2.35. The maximum absolute atomic E-state index is 12.4. The van der Waals surface area contributed by atoms with Gasteiger partial charge in [0.25, 0.3) is 0 Å². The van der Waals surface area contributed by atoms with Crippen molar-refractivity contribution in [1.29, 1.82) is 0 Å². The average molecular weight is 208 g/mol. The molecule has 0 aliphatic heterocycles. The molecule has 1 rings (SSSR count). The van der Waals surface area contributed by atoms with E-state index in [0.717, 1.165) is 19.3 Å². The first-order valence-corrected chi connectivity index (χ1v) is 5.51. The largest absolute Gasteiger partial charge is 0.391 e. The lowest BCUT2D eigenvalue weighted by Gasteiger charge is -2.32. The van der Waals surface area contributed by atoms with Crippen molar-refractivity contribution in [3.05, 3.63) is 0 Å². The average Bonchev–Trinajstić information content (AvgIpc) is 2.15. The fourth-order valence-corrected chi connectivity index (χ4v) is 2.35. The molecular formula is C11H19F3. The molecule has 0 saturated heterocycles. The highest BCUT2D eigenvalue weighted by atomic mass is 19.4. The predicted molar refractivity (Wildman–Crippen MR) is 51.0 cm³/mol. The van der Waals surface area contributed by atoms with E-state index < -0.39 is 12.1 Å². The SMILES string of the molecule is CCC(C)C1CCC(C(F)(F)F)CC1. The lowest BCUT2D eigenvalue weighted by atomic mass is 9.75. The summed E-state index contributed by atoms with van der Waals surface area (Å²) < 4.78 is 37.1. The van der Waals surface area contributed by atoms with E-state index in [2.05, 4.69) is 13.8 Å². The van der Waals surface area contributed by atoms with Crippen LogP contribution >= 0.6 is 0 Å². The van der Waals surface area contributed by atoms with Gasteiger partial charge in [0.1, 0.15) is 0 Å². The quantitative estimate of drug-likeness (QED) is 0.631. The van der Waals surface area contributed by atoms with Crippen molar-refractivity contribution in [2.45, 2.75) is 52.1 Å². The van der Waals surface area contributed by atoms with Crippen LogP contribution in [0.15, 0.2) is 0 Å². The molecule has 3 heteroatoms. The zero-order valence-corrected chi connectivity index (χ0v) is 8.90. The van der Waals surface area contributed by atoms with Crippen LogP contribution < -0.4 is 0 Å². The Morgan fingerprint density at radius 1 is 1.14 bits per heavy atom. The molecule has 0 N–H and O–H groups in total. The summed E-state index contributed by atoms with van der Waals surface area (Å²) in [7, 11) is 0. The molecule has 1 atom stereocenters. The van der Waals surface area contributed by atoms with Crippen molar-refractivity contribution < 1.29 is 13.2 Å². The van der Waals surface area contributed by atoms with Crippen LogP contribution in [0.3, 0.4) is 0 Å². The van der Waals surface area contributed by atoms with E-state index in [1.165, 1.54) is 0 Å². The highest BCUT2D eigenvalue weighted by molar-refractivity contribution is 4.79. The first-order valence-electron chi connectivity index (χ1n) is 5.51. The van der Waals surface area contributed by atoms with Gasteiger partial charge in [-0.3, -0.25) is 0 Å². The number of hydrogen-bond donors (Lipinski definition) is 0. The molecule has 1 aliphatic rings. The molecule has 0 radical (unpaired) electrons. The smallest absolute Gasteiger partial charge is 0.171 e. The monoisotopic (exact) mass is 208 g/mol. The van der Waals surface area contributed by atoms with E-state index in [4.69, 9.17) is 0 Å². The molecule has 0 bridgehead atoms. The van der Waals surface area contributed by atoms with E-state index in [1.54, 1.807) is 0 Å². The maximum atomic E-state index is 12.4. The third-order valence-electron chi connectivity index (χ3n) is 3.68. The van der Waals surface area contributed by atoms with Gasteiger partial charge in [-0.15, -0.1) is 0 Å². The Labute approximate surface area is 83.9 Å². The predicted octanol–water partition coefficient (Wildman–Crippen LogP) is 4.40. The zero-order valence-electron chi connectivity index (χ0n) is 8.90. The van der Waals surface area contributed by atoms with Crippen molar-refractivity contribution in [3.8, 4) is 0 Å². The number of alkyl halides is 3. The highest BCUT2D eigenvalue weighted by Gasteiger charge is 2.41. The van der Waals surface area contributed by atoms with E-state index in [-0.39, 0.29) is 0 Å². The Morgan fingerprint density at radius 2 is 1.64 bits per heavy atom. The summed E-state index contributed by atoms with van der Waals surface area (Å²) in [6.45, 7) is 4.26. The van der Waals surface area contributed by atoms with Gasteiger partial charge < -0.3 is 0 Å². The van der Waals surface area contributed by atoms with Gasteiger partial charge in [0.05, 0.1) is 5.92 Å². The van der Waals surface area contributed by atoms with Crippen LogP contribution in [0, 0.1) is 17.8 Å². The van der Waals surface area contributed by atoms with Crippen LogP contribution in [0.25, 0.3) is 0 Å². The molecule has 0 heterocycles. The van der Waals surface area contributed by atoms with Gasteiger partial charge in [-0.25, -0.2) is 0 Å².